The van der Waals surface area contributed by atoms with E-state index in [4.69, 9.17) is 14.3 Å². The molecule has 5 fully saturated rings. The number of morpholine rings is 1. The number of rotatable bonds is 13. The van der Waals surface area contributed by atoms with Crippen molar-refractivity contribution in [3.63, 3.8) is 0 Å². The van der Waals surface area contributed by atoms with Gasteiger partial charge in [-0.25, -0.2) is 4.79 Å². The Morgan fingerprint density at radius 2 is 1.88 bits per heavy atom. The monoisotopic (exact) mass is 708 g/mol. The summed E-state index contributed by atoms with van der Waals surface area (Å²) in [5.41, 5.74) is 3.29. The number of hydroxylamine groups is 2. The second-order valence-corrected chi connectivity index (χ2v) is 15.8. The van der Waals surface area contributed by atoms with Crippen molar-refractivity contribution >= 4 is 17.6 Å². The predicted octanol–water partition coefficient (Wildman–Crippen LogP) is 3.49. The fourth-order valence-corrected chi connectivity index (χ4v) is 9.01. The summed E-state index contributed by atoms with van der Waals surface area (Å²) < 4.78 is 12.1. The van der Waals surface area contributed by atoms with Crippen LogP contribution in [0, 0.1) is 29.1 Å². The average molecular weight is 709 g/mol. The van der Waals surface area contributed by atoms with Crippen LogP contribution >= 0.6 is 0 Å². The number of nitrogens with zero attached hydrogens (tertiary/aromatic N) is 3. The Morgan fingerprint density at radius 1 is 1.14 bits per heavy atom. The Morgan fingerprint density at radius 3 is 2.51 bits per heavy atom. The smallest absolute Gasteiger partial charge is 0.335 e. The summed E-state index contributed by atoms with van der Waals surface area (Å²) in [5, 5.41) is 36.3. The van der Waals surface area contributed by atoms with Gasteiger partial charge in [0.25, 0.3) is 0 Å². The normalized spacial score (nSPS) is 29.6. The summed E-state index contributed by atoms with van der Waals surface area (Å²) in [7, 11) is 3.73. The van der Waals surface area contributed by atoms with Gasteiger partial charge in [-0.1, -0.05) is 39.0 Å². The first-order chi connectivity index (χ1) is 24.3. The number of anilines is 1. The van der Waals surface area contributed by atoms with Crippen molar-refractivity contribution in [3.8, 4) is 16.9 Å². The molecule has 2 heterocycles. The molecule has 5 aliphatic rings. The van der Waals surface area contributed by atoms with Crippen molar-refractivity contribution in [2.24, 2.45) is 29.1 Å². The minimum atomic E-state index is -1.03. The molecule has 2 saturated heterocycles. The highest BCUT2D eigenvalue weighted by molar-refractivity contribution is 5.92. The number of para-hydroxylation sites is 1. The standard InChI is InChI=1S/C39H56N4O8/c1-23-31-19-28(39(31,3)4)20-32(23)40-37(46)35-34(24(2)45)33(22-44)51-43(35)21-25-8-7-9-30(36(25)50-15-12-42-10-13-49-14-11-42)26-16-27(38(47)48)18-29(17-26)41(5)6/h7-9,16-18,23-24,28,31-35,44-45H,10-15,19-22H2,1-6H3,(H,40,46)(H,47,48)/t23-,24-,28?,31-,32?,33-,34+,35-/m0/s1. The van der Waals surface area contributed by atoms with E-state index in [1.54, 1.807) is 24.1 Å². The van der Waals surface area contributed by atoms with Crippen LogP contribution in [0.5, 0.6) is 5.75 Å². The molecule has 51 heavy (non-hydrogen) atoms. The number of aromatic carboxylic acids is 1. The highest BCUT2D eigenvalue weighted by atomic mass is 16.7. The van der Waals surface area contributed by atoms with Gasteiger partial charge in [0.15, 0.2) is 0 Å². The Kier molecular flexibility index (Phi) is 11.3. The van der Waals surface area contributed by atoms with E-state index < -0.39 is 30.1 Å². The summed E-state index contributed by atoms with van der Waals surface area (Å²) in [6.07, 6.45) is 0.414. The molecule has 12 heteroatoms. The van der Waals surface area contributed by atoms with E-state index in [2.05, 4.69) is 31.0 Å². The van der Waals surface area contributed by atoms with Crippen LogP contribution in [0.25, 0.3) is 11.1 Å². The van der Waals surface area contributed by atoms with E-state index in [-0.39, 0.29) is 36.1 Å². The minimum Gasteiger partial charge on any atom is -0.491 e. The van der Waals surface area contributed by atoms with Gasteiger partial charge in [-0.2, -0.15) is 5.06 Å². The maximum absolute atomic E-state index is 14.3. The average Bonchev–Trinajstić information content (AvgIpc) is 3.48. The van der Waals surface area contributed by atoms with Crippen LogP contribution in [0.4, 0.5) is 5.69 Å². The zero-order valence-electron chi connectivity index (χ0n) is 30.9. The number of nitrogens with one attached hydrogen (secondary N) is 1. The molecule has 8 atom stereocenters. The van der Waals surface area contributed by atoms with Crippen LogP contribution in [-0.2, 0) is 20.9 Å². The maximum atomic E-state index is 14.3. The number of benzene rings is 2. The highest BCUT2D eigenvalue weighted by Gasteiger charge is 2.57. The molecule has 4 N–H and O–H groups in total. The largest absolute Gasteiger partial charge is 0.491 e. The highest BCUT2D eigenvalue weighted by Crippen LogP contribution is 2.61. The fraction of sp³-hybridized carbons (Fsp3) is 0.641. The third kappa shape index (κ3) is 7.63. The zero-order valence-corrected chi connectivity index (χ0v) is 30.9. The fourth-order valence-electron chi connectivity index (χ4n) is 9.01. The molecule has 1 amide bonds. The van der Waals surface area contributed by atoms with Gasteiger partial charge in [-0.05, 0) is 66.7 Å². The SMILES string of the molecule is C[C@H](O)[C@@H]1[C@H](CO)ON(Cc2cccc(-c3cc(C(=O)O)cc(N(C)C)c3)c2OCCN2CCOCC2)[C@@H]1C(=O)NC1CC2C[C@@H]([C@@H]1C)C2(C)C. The van der Waals surface area contributed by atoms with Crippen LogP contribution in [-0.4, -0.2) is 122 Å². The van der Waals surface area contributed by atoms with E-state index in [1.807, 2.05) is 43.3 Å². The molecule has 0 radical (unpaired) electrons. The number of carbonyl (C=O) groups is 2. The summed E-state index contributed by atoms with van der Waals surface area (Å²) in [5.74, 6) is 0.0722. The van der Waals surface area contributed by atoms with Crippen molar-refractivity contribution < 1.29 is 39.2 Å². The molecular weight excluding hydrogens is 652 g/mol. The molecule has 2 aromatic rings. The Labute approximate surface area is 301 Å². The molecule has 0 spiro atoms. The second kappa shape index (κ2) is 15.4. The molecule has 7 rings (SSSR count). The number of aliphatic hydroxyl groups excluding tert-OH is 2. The first-order valence-corrected chi connectivity index (χ1v) is 18.4. The lowest BCUT2D eigenvalue weighted by molar-refractivity contribution is -0.183. The lowest BCUT2D eigenvalue weighted by Crippen LogP contribution is -2.62. The number of hydrogen-bond donors (Lipinski definition) is 4. The molecule has 0 aromatic heterocycles. The van der Waals surface area contributed by atoms with Crippen molar-refractivity contribution in [1.82, 2.24) is 15.3 Å². The van der Waals surface area contributed by atoms with Crippen molar-refractivity contribution in [1.29, 1.82) is 0 Å². The van der Waals surface area contributed by atoms with Crippen LogP contribution in [0.1, 0.15) is 56.5 Å². The predicted molar refractivity (Wildman–Crippen MR) is 193 cm³/mol. The van der Waals surface area contributed by atoms with Gasteiger partial charge in [0.05, 0.1) is 38.0 Å². The minimum absolute atomic E-state index is 0.0220. The summed E-state index contributed by atoms with van der Waals surface area (Å²) >= 11 is 0. The third-order valence-corrected chi connectivity index (χ3v) is 12.2. The zero-order chi connectivity index (χ0) is 36.6. The number of hydrogen-bond acceptors (Lipinski definition) is 10. The van der Waals surface area contributed by atoms with Crippen LogP contribution in [0.15, 0.2) is 36.4 Å². The van der Waals surface area contributed by atoms with Crippen molar-refractivity contribution in [2.75, 3.05) is 65.1 Å². The van der Waals surface area contributed by atoms with Gasteiger partial charge in [0.2, 0.25) is 5.91 Å². The molecule has 2 bridgehead atoms. The van der Waals surface area contributed by atoms with Gasteiger partial charge in [-0.15, -0.1) is 0 Å². The quantitative estimate of drug-likeness (QED) is 0.243. The van der Waals surface area contributed by atoms with E-state index in [0.717, 1.165) is 30.8 Å². The molecular formula is C39H56N4O8. The summed E-state index contributed by atoms with van der Waals surface area (Å²) in [6, 6.07) is 10.1. The number of carboxylic acid groups (broad SMARTS) is 1. The number of amides is 1. The van der Waals surface area contributed by atoms with Gasteiger partial charge in [0, 0.05) is 62.5 Å². The lowest BCUT2D eigenvalue weighted by Gasteiger charge is -2.62. The number of ether oxygens (including phenoxy) is 2. The molecule has 3 saturated carbocycles. The molecule has 2 aliphatic heterocycles. The molecule has 12 nitrogen and oxygen atoms in total. The van der Waals surface area contributed by atoms with E-state index in [1.165, 1.54) is 6.42 Å². The van der Waals surface area contributed by atoms with Crippen LogP contribution < -0.4 is 15.0 Å². The molecule has 3 aliphatic carbocycles. The Bertz CT molecular complexity index is 1560. The van der Waals surface area contributed by atoms with Gasteiger partial charge >= 0.3 is 5.97 Å². The summed E-state index contributed by atoms with van der Waals surface area (Å²) in [6.45, 7) is 12.3. The second-order valence-electron chi connectivity index (χ2n) is 15.8. The lowest BCUT2D eigenvalue weighted by atomic mass is 9.45. The maximum Gasteiger partial charge on any atom is 0.335 e. The topological polar surface area (TPSA) is 144 Å². The molecule has 2 aromatic carbocycles. The van der Waals surface area contributed by atoms with Crippen molar-refractivity contribution in [2.45, 2.75) is 71.4 Å². The first kappa shape index (κ1) is 37.5. The number of aliphatic hydroxyl groups is 2. The van der Waals surface area contributed by atoms with Gasteiger partial charge < -0.3 is 35.0 Å². The van der Waals surface area contributed by atoms with E-state index in [9.17, 15) is 24.9 Å². The van der Waals surface area contributed by atoms with E-state index in [0.29, 0.717) is 61.0 Å². The Balaban J connectivity index is 1.33. The van der Waals surface area contributed by atoms with Gasteiger partial charge in [0.1, 0.15) is 24.5 Å². The number of fused-ring (bicyclic) bond motifs is 2. The third-order valence-electron chi connectivity index (χ3n) is 12.2. The first-order valence-electron chi connectivity index (χ1n) is 18.4. The van der Waals surface area contributed by atoms with Crippen molar-refractivity contribution in [3.05, 3.63) is 47.5 Å². The molecule has 2 unspecified atom stereocenters. The summed E-state index contributed by atoms with van der Waals surface area (Å²) in [4.78, 5) is 36.9. The van der Waals surface area contributed by atoms with Gasteiger partial charge in [-0.3, -0.25) is 14.5 Å². The Hall–Kier alpha value is -3.26. The molecule has 280 valence electrons. The number of carboxylic acids is 1. The van der Waals surface area contributed by atoms with Crippen LogP contribution in [0.2, 0.25) is 0 Å². The number of carbonyl (C=O) groups excluding carboxylic acids is 1. The van der Waals surface area contributed by atoms with E-state index >= 15 is 0 Å². The van der Waals surface area contributed by atoms with Crippen LogP contribution in [0.3, 0.4) is 0 Å².